The molecule has 0 saturated carbocycles. The maximum absolute atomic E-state index is 13.0. The van der Waals surface area contributed by atoms with Crippen LogP contribution in [0.2, 0.25) is 0 Å². The summed E-state index contributed by atoms with van der Waals surface area (Å²) >= 11 is 0. The summed E-state index contributed by atoms with van der Waals surface area (Å²) in [6.45, 7) is 10.2. The molecule has 0 amide bonds. The lowest BCUT2D eigenvalue weighted by molar-refractivity contribution is -0.234. The Kier molecular flexibility index (Phi) is 10.2. The molecular formula is C36H44O8. The predicted octanol–water partition coefficient (Wildman–Crippen LogP) is 5.68. The highest BCUT2D eigenvalue weighted by molar-refractivity contribution is 5.76. The Hall–Kier alpha value is -3.72. The van der Waals surface area contributed by atoms with Crippen LogP contribution in [0.1, 0.15) is 58.2 Å². The van der Waals surface area contributed by atoms with Gasteiger partial charge in [-0.3, -0.25) is 9.59 Å². The van der Waals surface area contributed by atoms with Crippen LogP contribution in [0, 0.1) is 10.8 Å². The summed E-state index contributed by atoms with van der Waals surface area (Å²) in [7, 11) is 1.61. The van der Waals surface area contributed by atoms with E-state index in [1.54, 1.807) is 48.7 Å². The van der Waals surface area contributed by atoms with Crippen LogP contribution in [0.5, 0.6) is 5.75 Å². The van der Waals surface area contributed by atoms with Gasteiger partial charge in [0.25, 0.3) is 0 Å². The van der Waals surface area contributed by atoms with Crippen molar-refractivity contribution in [1.82, 2.24) is 0 Å². The molecule has 8 heteroatoms. The van der Waals surface area contributed by atoms with Gasteiger partial charge >= 0.3 is 11.9 Å². The number of carbonyl (C=O) groups excluding carboxylic acids is 2. The minimum absolute atomic E-state index is 0.0690. The van der Waals surface area contributed by atoms with Crippen molar-refractivity contribution in [3.63, 3.8) is 0 Å². The Bertz CT molecular complexity index is 1330. The van der Waals surface area contributed by atoms with E-state index in [0.717, 1.165) is 16.7 Å². The van der Waals surface area contributed by atoms with Gasteiger partial charge in [0.05, 0.1) is 31.2 Å². The van der Waals surface area contributed by atoms with Gasteiger partial charge in [-0.1, -0.05) is 72.8 Å². The van der Waals surface area contributed by atoms with Crippen molar-refractivity contribution in [1.29, 1.82) is 0 Å². The first-order valence-corrected chi connectivity index (χ1v) is 14.9. The van der Waals surface area contributed by atoms with Gasteiger partial charge in [-0.25, -0.2) is 0 Å². The van der Waals surface area contributed by atoms with Crippen LogP contribution in [0.15, 0.2) is 84.9 Å². The van der Waals surface area contributed by atoms with Crippen molar-refractivity contribution >= 4 is 11.9 Å². The number of esters is 2. The minimum atomic E-state index is -1.34. The largest absolute Gasteiger partial charge is 0.497 e. The fourth-order valence-corrected chi connectivity index (χ4v) is 4.98. The lowest BCUT2D eigenvalue weighted by atomic mass is 9.80. The molecule has 0 aromatic heterocycles. The summed E-state index contributed by atoms with van der Waals surface area (Å²) < 4.78 is 29.9. The van der Waals surface area contributed by atoms with Crippen molar-refractivity contribution in [2.45, 2.75) is 71.6 Å². The van der Waals surface area contributed by atoms with Gasteiger partial charge in [0, 0.05) is 0 Å². The van der Waals surface area contributed by atoms with E-state index >= 15 is 0 Å². The highest BCUT2D eigenvalue weighted by atomic mass is 16.6. The zero-order valence-corrected chi connectivity index (χ0v) is 26.6. The van der Waals surface area contributed by atoms with E-state index in [-0.39, 0.29) is 13.2 Å². The van der Waals surface area contributed by atoms with Crippen molar-refractivity contribution in [3.8, 4) is 5.75 Å². The first-order chi connectivity index (χ1) is 20.8. The standard InChI is InChI=1S/C36H44O8/c1-34(2,3)32(38)43-29-22-41-28(30(37)31(29)44-33(39)35(4,5)6)23-42-36(24-14-10-8-11-15-24,25-16-12-9-13-17-25)26-18-20-27(40-7)21-19-26/h8-21,28-31,37H,22-23H2,1-7H3/t28-,29+,30-,31-/m1/s1. The average Bonchev–Trinajstić information content (AvgIpc) is 3.00. The van der Waals surface area contributed by atoms with E-state index in [1.807, 2.05) is 84.9 Å². The number of benzene rings is 3. The maximum Gasteiger partial charge on any atom is 0.311 e. The van der Waals surface area contributed by atoms with E-state index in [2.05, 4.69) is 0 Å². The van der Waals surface area contributed by atoms with Gasteiger partial charge < -0.3 is 28.8 Å². The Morgan fingerprint density at radius 2 is 1.23 bits per heavy atom. The van der Waals surface area contributed by atoms with Gasteiger partial charge in [0.2, 0.25) is 0 Å². The number of carbonyl (C=O) groups is 2. The van der Waals surface area contributed by atoms with Crippen LogP contribution in [0.25, 0.3) is 0 Å². The number of hydrogen-bond donors (Lipinski definition) is 1. The molecule has 1 fully saturated rings. The topological polar surface area (TPSA) is 101 Å². The smallest absolute Gasteiger partial charge is 0.311 e. The fraction of sp³-hybridized carbons (Fsp3) is 0.444. The number of methoxy groups -OCH3 is 1. The first-order valence-electron chi connectivity index (χ1n) is 14.9. The number of aliphatic hydroxyl groups is 1. The number of rotatable bonds is 9. The lowest BCUT2D eigenvalue weighted by Gasteiger charge is -2.42. The third kappa shape index (κ3) is 7.32. The van der Waals surface area contributed by atoms with Crippen LogP contribution in [0.4, 0.5) is 0 Å². The fourth-order valence-electron chi connectivity index (χ4n) is 4.98. The monoisotopic (exact) mass is 604 g/mol. The van der Waals surface area contributed by atoms with E-state index < -0.39 is 52.8 Å². The zero-order valence-electron chi connectivity index (χ0n) is 26.6. The van der Waals surface area contributed by atoms with Gasteiger partial charge in [-0.2, -0.15) is 0 Å². The second-order valence-electron chi connectivity index (χ2n) is 13.1. The minimum Gasteiger partial charge on any atom is -0.497 e. The molecule has 1 N–H and O–H groups in total. The SMILES string of the molecule is COc1ccc(C(OC[C@H]2OC[C@H](OC(=O)C(C)(C)C)[C@@H](OC(=O)C(C)(C)C)[C@@H]2O)(c2ccccc2)c2ccccc2)cc1. The molecule has 0 spiro atoms. The summed E-state index contributed by atoms with van der Waals surface area (Å²) in [6.07, 6.45) is -4.39. The third-order valence-corrected chi connectivity index (χ3v) is 7.61. The van der Waals surface area contributed by atoms with Crippen LogP contribution in [-0.2, 0) is 34.1 Å². The highest BCUT2D eigenvalue weighted by Gasteiger charge is 2.48. The van der Waals surface area contributed by atoms with E-state index in [4.69, 9.17) is 23.7 Å². The normalized spacial score (nSPS) is 20.9. The third-order valence-electron chi connectivity index (χ3n) is 7.61. The zero-order chi connectivity index (χ0) is 32.1. The van der Waals surface area contributed by atoms with Gasteiger partial charge in [0.15, 0.2) is 12.2 Å². The Labute approximate surface area is 260 Å². The average molecular weight is 605 g/mol. The second-order valence-corrected chi connectivity index (χ2v) is 13.1. The molecule has 1 saturated heterocycles. The van der Waals surface area contributed by atoms with Gasteiger partial charge in [-0.05, 0) is 70.4 Å². The van der Waals surface area contributed by atoms with Crippen LogP contribution in [0.3, 0.4) is 0 Å². The molecule has 0 unspecified atom stereocenters. The van der Waals surface area contributed by atoms with Crippen molar-refractivity contribution in [3.05, 3.63) is 102 Å². The Morgan fingerprint density at radius 3 is 1.70 bits per heavy atom. The molecule has 0 aliphatic carbocycles. The molecular weight excluding hydrogens is 560 g/mol. The van der Waals surface area contributed by atoms with Crippen molar-refractivity contribution in [2.75, 3.05) is 20.3 Å². The lowest BCUT2D eigenvalue weighted by Crippen LogP contribution is -2.58. The van der Waals surface area contributed by atoms with E-state index in [9.17, 15) is 14.7 Å². The van der Waals surface area contributed by atoms with Gasteiger partial charge in [-0.15, -0.1) is 0 Å². The Morgan fingerprint density at radius 1 is 0.750 bits per heavy atom. The summed E-state index contributed by atoms with van der Waals surface area (Å²) in [6, 6.07) is 27.3. The molecule has 1 aliphatic heterocycles. The molecule has 236 valence electrons. The quantitative estimate of drug-likeness (QED) is 0.246. The molecule has 0 bridgehead atoms. The van der Waals surface area contributed by atoms with Crippen LogP contribution < -0.4 is 4.74 Å². The summed E-state index contributed by atoms with van der Waals surface area (Å²) in [5.74, 6) is -0.313. The molecule has 1 aliphatic rings. The van der Waals surface area contributed by atoms with Gasteiger partial charge in [0.1, 0.15) is 23.6 Å². The molecule has 4 atom stereocenters. The summed E-state index contributed by atoms with van der Waals surface area (Å²) in [5, 5.41) is 11.6. The molecule has 4 rings (SSSR count). The summed E-state index contributed by atoms with van der Waals surface area (Å²) in [4.78, 5) is 25.8. The number of aliphatic hydroxyl groups excluding tert-OH is 1. The Balaban J connectivity index is 1.71. The first kappa shape index (κ1) is 33.2. The molecule has 1 heterocycles. The molecule has 3 aromatic rings. The van der Waals surface area contributed by atoms with Crippen LogP contribution in [-0.4, -0.2) is 61.8 Å². The van der Waals surface area contributed by atoms with Crippen molar-refractivity contribution < 1.29 is 38.4 Å². The molecule has 44 heavy (non-hydrogen) atoms. The predicted molar refractivity (Wildman–Crippen MR) is 166 cm³/mol. The number of ether oxygens (including phenoxy) is 5. The summed E-state index contributed by atoms with van der Waals surface area (Å²) in [5.41, 5.74) is -0.151. The van der Waals surface area contributed by atoms with E-state index in [1.165, 1.54) is 0 Å². The molecule has 0 radical (unpaired) electrons. The highest BCUT2D eigenvalue weighted by Crippen LogP contribution is 2.42. The van der Waals surface area contributed by atoms with E-state index in [0.29, 0.717) is 5.75 Å². The van der Waals surface area contributed by atoms with Crippen LogP contribution >= 0.6 is 0 Å². The number of hydrogen-bond acceptors (Lipinski definition) is 8. The van der Waals surface area contributed by atoms with Crippen molar-refractivity contribution in [2.24, 2.45) is 10.8 Å². The maximum atomic E-state index is 13.0. The second kappa shape index (κ2) is 13.5. The molecule has 8 nitrogen and oxygen atoms in total. The molecule has 3 aromatic carbocycles.